The number of hydrogen-bond donors (Lipinski definition) is 0. The van der Waals surface area contributed by atoms with E-state index in [1.165, 1.54) is 11.8 Å². The van der Waals surface area contributed by atoms with Gasteiger partial charge in [0.25, 0.3) is 5.56 Å². The predicted octanol–water partition coefficient (Wildman–Crippen LogP) is 1.56. The largest absolute Gasteiger partial charge is 0.421 e. The number of nitrogens with zero attached hydrogens (tertiary/aromatic N) is 5. The Balaban J connectivity index is 1.60. The maximum atomic E-state index is 12.9. The van der Waals surface area contributed by atoms with E-state index >= 15 is 0 Å². The van der Waals surface area contributed by atoms with Crippen molar-refractivity contribution in [3.63, 3.8) is 0 Å². The molecule has 3 heterocycles. The van der Waals surface area contributed by atoms with Gasteiger partial charge in [-0.1, -0.05) is 0 Å². The van der Waals surface area contributed by atoms with Crippen LogP contribution in [0.3, 0.4) is 0 Å². The molecule has 3 rings (SSSR count). The maximum Gasteiger partial charge on any atom is 0.421 e. The van der Waals surface area contributed by atoms with Crippen molar-refractivity contribution in [3.05, 3.63) is 51.2 Å². The second kappa shape index (κ2) is 8.02. The molecule has 29 heavy (non-hydrogen) atoms. The van der Waals surface area contributed by atoms with Crippen molar-refractivity contribution >= 4 is 5.91 Å². The van der Waals surface area contributed by atoms with Gasteiger partial charge in [0.1, 0.15) is 12.1 Å². The molecular formula is C19H24F3N5O2. The molecule has 0 saturated carbocycles. The third-order valence-corrected chi connectivity index (χ3v) is 5.40. The van der Waals surface area contributed by atoms with Crippen LogP contribution in [0.2, 0.25) is 0 Å². The molecule has 2 aromatic heterocycles. The number of pyridine rings is 1. The van der Waals surface area contributed by atoms with E-state index in [0.29, 0.717) is 26.2 Å². The highest BCUT2D eigenvalue weighted by molar-refractivity contribution is 5.76. The highest BCUT2D eigenvalue weighted by Gasteiger charge is 2.34. The Bertz CT molecular complexity index is 956. The van der Waals surface area contributed by atoms with Crippen molar-refractivity contribution < 1.29 is 18.0 Å². The Morgan fingerprint density at radius 1 is 1.17 bits per heavy atom. The lowest BCUT2D eigenvalue weighted by Gasteiger charge is -2.35. The molecule has 0 bridgehead atoms. The van der Waals surface area contributed by atoms with Gasteiger partial charge in [-0.05, 0) is 26.0 Å². The van der Waals surface area contributed by atoms with Gasteiger partial charge in [0.15, 0.2) is 0 Å². The zero-order valence-corrected chi connectivity index (χ0v) is 16.7. The molecule has 0 unspecified atom stereocenters. The quantitative estimate of drug-likeness (QED) is 0.766. The minimum atomic E-state index is -4.74. The molecule has 0 aromatic carbocycles. The average molecular weight is 411 g/mol. The standard InChI is InChI=1S/C19H24F3N5O2/c1-13-15(14(2)24(3)23-13)11-25-7-9-26(10-8-25)17(28)12-27-6-4-5-16(18(27)29)19(20,21)22/h4-6H,7-12H2,1-3H3. The van der Waals surface area contributed by atoms with Crippen LogP contribution in [0.1, 0.15) is 22.5 Å². The first-order valence-corrected chi connectivity index (χ1v) is 9.33. The minimum Gasteiger partial charge on any atom is -0.339 e. The van der Waals surface area contributed by atoms with E-state index in [0.717, 1.165) is 34.6 Å². The van der Waals surface area contributed by atoms with Gasteiger partial charge in [0, 0.05) is 57.2 Å². The molecule has 1 aliphatic rings. The SMILES string of the molecule is Cc1nn(C)c(C)c1CN1CCN(C(=O)Cn2cccc(C(F)(F)F)c2=O)CC1. The number of halogens is 3. The fourth-order valence-electron chi connectivity index (χ4n) is 3.55. The van der Waals surface area contributed by atoms with Crippen LogP contribution in [-0.4, -0.2) is 56.2 Å². The number of carbonyl (C=O) groups is 1. The fraction of sp³-hybridized carbons (Fsp3) is 0.526. The third kappa shape index (κ3) is 4.52. The Kier molecular flexibility index (Phi) is 5.83. The summed E-state index contributed by atoms with van der Waals surface area (Å²) in [5, 5.41) is 4.41. The summed E-state index contributed by atoms with van der Waals surface area (Å²) < 4.78 is 41.3. The Hall–Kier alpha value is -2.62. The molecule has 0 radical (unpaired) electrons. The summed E-state index contributed by atoms with van der Waals surface area (Å²) in [6, 6.07) is 1.86. The van der Waals surface area contributed by atoms with Gasteiger partial charge in [-0.15, -0.1) is 0 Å². The molecule has 0 spiro atoms. The van der Waals surface area contributed by atoms with Crippen molar-refractivity contribution in [1.82, 2.24) is 24.1 Å². The molecule has 0 atom stereocenters. The second-order valence-corrected chi connectivity index (χ2v) is 7.28. The smallest absolute Gasteiger partial charge is 0.339 e. The zero-order valence-electron chi connectivity index (χ0n) is 16.7. The number of carbonyl (C=O) groups excluding carboxylic acids is 1. The highest BCUT2D eigenvalue weighted by atomic mass is 19.4. The van der Waals surface area contributed by atoms with E-state index in [4.69, 9.17) is 0 Å². The Morgan fingerprint density at radius 2 is 1.83 bits per heavy atom. The van der Waals surface area contributed by atoms with Crippen LogP contribution < -0.4 is 5.56 Å². The first-order valence-electron chi connectivity index (χ1n) is 9.33. The molecule has 7 nitrogen and oxygen atoms in total. The van der Waals surface area contributed by atoms with Crippen LogP contribution in [0.15, 0.2) is 23.1 Å². The number of hydrogen-bond acceptors (Lipinski definition) is 4. The summed E-state index contributed by atoms with van der Waals surface area (Å²) in [6.07, 6.45) is -3.53. The lowest BCUT2D eigenvalue weighted by Crippen LogP contribution is -2.49. The van der Waals surface area contributed by atoms with Gasteiger partial charge in [0.2, 0.25) is 5.91 Å². The van der Waals surface area contributed by atoms with E-state index in [-0.39, 0.29) is 5.91 Å². The van der Waals surface area contributed by atoms with Crippen LogP contribution in [0.5, 0.6) is 0 Å². The van der Waals surface area contributed by atoms with E-state index in [9.17, 15) is 22.8 Å². The summed E-state index contributed by atoms with van der Waals surface area (Å²) in [6.45, 7) is 6.55. The summed E-state index contributed by atoms with van der Waals surface area (Å²) in [4.78, 5) is 28.3. The van der Waals surface area contributed by atoms with Gasteiger partial charge >= 0.3 is 6.18 Å². The Morgan fingerprint density at radius 3 is 2.38 bits per heavy atom. The van der Waals surface area contributed by atoms with Gasteiger partial charge in [-0.3, -0.25) is 19.2 Å². The topological polar surface area (TPSA) is 63.4 Å². The molecule has 0 aliphatic carbocycles. The molecule has 0 N–H and O–H groups in total. The number of alkyl halides is 3. The van der Waals surface area contributed by atoms with Crippen molar-refractivity contribution in [2.24, 2.45) is 7.05 Å². The van der Waals surface area contributed by atoms with E-state index in [2.05, 4.69) is 10.00 Å². The third-order valence-electron chi connectivity index (χ3n) is 5.40. The monoisotopic (exact) mass is 411 g/mol. The number of rotatable bonds is 4. The number of piperazine rings is 1. The van der Waals surface area contributed by atoms with Crippen LogP contribution in [-0.2, 0) is 31.1 Å². The molecule has 1 amide bonds. The normalized spacial score (nSPS) is 15.7. The number of aromatic nitrogens is 3. The first-order chi connectivity index (χ1) is 13.6. The summed E-state index contributed by atoms with van der Waals surface area (Å²) in [5.41, 5.74) is 0.787. The van der Waals surface area contributed by atoms with Gasteiger partial charge in [-0.25, -0.2) is 0 Å². The molecule has 2 aromatic rings. The average Bonchev–Trinajstić information content (AvgIpc) is 2.89. The van der Waals surface area contributed by atoms with E-state index in [1.54, 1.807) is 4.90 Å². The lowest BCUT2D eigenvalue weighted by atomic mass is 10.1. The van der Waals surface area contributed by atoms with Gasteiger partial charge < -0.3 is 9.47 Å². The van der Waals surface area contributed by atoms with Crippen molar-refractivity contribution in [1.29, 1.82) is 0 Å². The molecular weight excluding hydrogens is 387 g/mol. The fourth-order valence-corrected chi connectivity index (χ4v) is 3.55. The van der Waals surface area contributed by atoms with E-state index < -0.39 is 23.8 Å². The Labute approximate surface area is 166 Å². The summed E-state index contributed by atoms with van der Waals surface area (Å²) in [5.74, 6) is -0.361. The van der Waals surface area contributed by atoms with Gasteiger partial charge in [0.05, 0.1) is 5.69 Å². The zero-order chi connectivity index (χ0) is 21.3. The number of amides is 1. The number of aryl methyl sites for hydroxylation is 2. The first kappa shape index (κ1) is 21.1. The lowest BCUT2D eigenvalue weighted by molar-refractivity contribution is -0.140. The molecule has 158 valence electrons. The summed E-state index contributed by atoms with van der Waals surface area (Å²) in [7, 11) is 1.90. The van der Waals surface area contributed by atoms with Crippen LogP contribution in [0, 0.1) is 13.8 Å². The van der Waals surface area contributed by atoms with Crippen molar-refractivity contribution in [2.45, 2.75) is 33.1 Å². The molecule has 1 fully saturated rings. The second-order valence-electron chi connectivity index (χ2n) is 7.28. The van der Waals surface area contributed by atoms with Crippen molar-refractivity contribution in [2.75, 3.05) is 26.2 Å². The molecule has 1 aliphatic heterocycles. The van der Waals surface area contributed by atoms with Crippen molar-refractivity contribution in [3.8, 4) is 0 Å². The minimum absolute atomic E-state index is 0.361. The van der Waals surface area contributed by atoms with Gasteiger partial charge in [-0.2, -0.15) is 18.3 Å². The highest BCUT2D eigenvalue weighted by Crippen LogP contribution is 2.26. The van der Waals surface area contributed by atoms with E-state index in [1.807, 2.05) is 25.6 Å². The molecule has 1 saturated heterocycles. The molecule has 10 heteroatoms. The maximum absolute atomic E-state index is 12.9. The predicted molar refractivity (Wildman–Crippen MR) is 100 cm³/mol. The van der Waals surface area contributed by atoms with Crippen LogP contribution in [0.25, 0.3) is 0 Å². The van der Waals surface area contributed by atoms with Crippen LogP contribution in [0.4, 0.5) is 13.2 Å². The van der Waals surface area contributed by atoms with Crippen LogP contribution >= 0.6 is 0 Å². The summed E-state index contributed by atoms with van der Waals surface area (Å²) >= 11 is 0.